The fraction of sp³-hybridized carbons (Fsp3) is 0.312. The van der Waals surface area contributed by atoms with Crippen LogP contribution in [0.25, 0.3) is 0 Å². The molecule has 0 aromatic heterocycles. The van der Waals surface area contributed by atoms with Crippen LogP contribution in [0.5, 0.6) is 0 Å². The fourth-order valence-electron chi connectivity index (χ4n) is 2.50. The summed E-state index contributed by atoms with van der Waals surface area (Å²) in [5.41, 5.74) is -1.97. The molecule has 1 aromatic carbocycles. The molecule has 0 N–H and O–H groups in total. The molecule has 1 aliphatic carbocycles. The molecule has 1 aromatic rings. The van der Waals surface area contributed by atoms with E-state index in [1.165, 1.54) is 0 Å². The second-order valence-electron chi connectivity index (χ2n) is 5.45. The molecule has 8 heteroatoms. The summed E-state index contributed by atoms with van der Waals surface area (Å²) >= 11 is 0. The number of hydrazone groups is 1. The molecular formula is C16H13F3N2O3. The number of carbonyl (C=O) groups excluding carboxylic acids is 2. The maximum absolute atomic E-state index is 13.4. The largest absolute Gasteiger partial charge is 0.465 e. The van der Waals surface area contributed by atoms with Gasteiger partial charge in [-0.15, -0.1) is 0 Å². The molecular weight excluding hydrogens is 325 g/mol. The topological polar surface area (TPSA) is 59.0 Å². The monoisotopic (exact) mass is 338 g/mol. The van der Waals surface area contributed by atoms with Crippen LogP contribution in [0.1, 0.15) is 12.8 Å². The highest BCUT2D eigenvalue weighted by atomic mass is 19.4. The summed E-state index contributed by atoms with van der Waals surface area (Å²) in [4.78, 5) is 24.3. The Labute approximate surface area is 135 Å². The Hall–Kier alpha value is -2.64. The van der Waals surface area contributed by atoms with Crippen molar-refractivity contribution in [3.05, 3.63) is 41.5 Å². The molecule has 0 radical (unpaired) electrons. The van der Waals surface area contributed by atoms with Crippen molar-refractivity contribution in [2.24, 2.45) is 11.0 Å². The molecule has 5 nitrogen and oxygen atoms in total. The summed E-state index contributed by atoms with van der Waals surface area (Å²) < 4.78 is 44.4. The molecule has 0 unspecified atom stereocenters. The van der Waals surface area contributed by atoms with Gasteiger partial charge in [-0.3, -0.25) is 4.79 Å². The molecule has 1 fully saturated rings. The number of carbonyl (C=O) groups is 2. The standard InChI is InChI=1S/C16H13F3N2O3/c1-24-15(23)12(16(17,18)19)11-13(9-7-8-9)20-21(14(11)22)10-5-3-2-4-6-10/h2-6,9H,7-8H2,1H3/b12-11-. The van der Waals surface area contributed by atoms with E-state index in [1.54, 1.807) is 30.3 Å². The number of nitrogens with zero attached hydrogens (tertiary/aromatic N) is 2. The Morgan fingerprint density at radius 3 is 2.38 bits per heavy atom. The Morgan fingerprint density at radius 1 is 1.25 bits per heavy atom. The minimum absolute atomic E-state index is 0.00146. The summed E-state index contributed by atoms with van der Waals surface area (Å²) in [7, 11) is 0.844. The predicted molar refractivity (Wildman–Crippen MR) is 79.2 cm³/mol. The first-order valence-corrected chi connectivity index (χ1v) is 7.22. The van der Waals surface area contributed by atoms with E-state index in [0.29, 0.717) is 18.5 Å². The predicted octanol–water partition coefficient (Wildman–Crippen LogP) is 2.83. The third-order valence-electron chi connectivity index (χ3n) is 3.76. The maximum Gasteiger partial charge on any atom is 0.424 e. The minimum atomic E-state index is -5.01. The third-order valence-corrected chi connectivity index (χ3v) is 3.76. The molecule has 0 bridgehead atoms. The Morgan fingerprint density at radius 2 is 1.88 bits per heavy atom. The Balaban J connectivity index is 2.16. The first-order valence-electron chi connectivity index (χ1n) is 7.22. The summed E-state index contributed by atoms with van der Waals surface area (Å²) in [5, 5.41) is 4.97. The minimum Gasteiger partial charge on any atom is -0.465 e. The lowest BCUT2D eigenvalue weighted by molar-refractivity contribution is -0.148. The van der Waals surface area contributed by atoms with Crippen LogP contribution in [-0.2, 0) is 14.3 Å². The van der Waals surface area contributed by atoms with Gasteiger partial charge in [-0.2, -0.15) is 23.3 Å². The molecule has 0 saturated heterocycles. The number of hydrogen-bond acceptors (Lipinski definition) is 4. The molecule has 1 heterocycles. The van der Waals surface area contributed by atoms with Gasteiger partial charge in [-0.1, -0.05) is 18.2 Å². The quantitative estimate of drug-likeness (QED) is 0.629. The number of anilines is 1. The number of benzene rings is 1. The highest BCUT2D eigenvalue weighted by Gasteiger charge is 2.50. The SMILES string of the molecule is COC(=O)/C(=C1/C(=O)N(c2ccccc2)N=C1C1CC1)C(F)(F)F. The van der Waals surface area contributed by atoms with Crippen molar-refractivity contribution in [2.75, 3.05) is 12.1 Å². The van der Waals surface area contributed by atoms with E-state index in [-0.39, 0.29) is 11.6 Å². The third kappa shape index (κ3) is 2.79. The lowest BCUT2D eigenvalue weighted by Gasteiger charge is -2.14. The molecule has 1 saturated carbocycles. The number of hydrogen-bond donors (Lipinski definition) is 0. The second kappa shape index (κ2) is 5.77. The van der Waals surface area contributed by atoms with E-state index in [0.717, 1.165) is 12.1 Å². The normalized spacial score (nSPS) is 20.1. The van der Waals surface area contributed by atoms with Crippen LogP contribution in [0.3, 0.4) is 0 Å². The second-order valence-corrected chi connectivity index (χ2v) is 5.45. The average molecular weight is 338 g/mol. The zero-order valence-electron chi connectivity index (χ0n) is 12.6. The number of methoxy groups -OCH3 is 1. The average Bonchev–Trinajstić information content (AvgIpc) is 3.33. The van der Waals surface area contributed by atoms with Crippen molar-refractivity contribution >= 4 is 23.3 Å². The molecule has 126 valence electrons. The van der Waals surface area contributed by atoms with Crippen LogP contribution in [0, 0.1) is 5.92 Å². The molecule has 0 spiro atoms. The first kappa shape index (κ1) is 16.2. The van der Waals surface area contributed by atoms with Crippen molar-refractivity contribution in [2.45, 2.75) is 19.0 Å². The van der Waals surface area contributed by atoms with Crippen molar-refractivity contribution in [1.29, 1.82) is 0 Å². The van der Waals surface area contributed by atoms with E-state index in [2.05, 4.69) is 9.84 Å². The first-order chi connectivity index (χ1) is 11.3. The van der Waals surface area contributed by atoms with Crippen molar-refractivity contribution < 1.29 is 27.5 Å². The lowest BCUT2D eigenvalue weighted by Crippen LogP contribution is -2.30. The van der Waals surface area contributed by atoms with Gasteiger partial charge >= 0.3 is 12.1 Å². The van der Waals surface area contributed by atoms with Crippen LogP contribution in [0.2, 0.25) is 0 Å². The van der Waals surface area contributed by atoms with Gasteiger partial charge in [0, 0.05) is 5.92 Å². The molecule has 2 aliphatic rings. The van der Waals surface area contributed by atoms with Crippen LogP contribution < -0.4 is 5.01 Å². The number of esters is 1. The number of rotatable bonds is 3. The summed E-state index contributed by atoms with van der Waals surface area (Å²) in [6, 6.07) is 8.10. The molecule has 0 atom stereocenters. The lowest BCUT2D eigenvalue weighted by atomic mass is 9.99. The number of para-hydroxylation sites is 1. The zero-order chi connectivity index (χ0) is 17.5. The van der Waals surface area contributed by atoms with Gasteiger partial charge in [0.2, 0.25) is 0 Å². The van der Waals surface area contributed by atoms with Crippen LogP contribution >= 0.6 is 0 Å². The smallest absolute Gasteiger partial charge is 0.424 e. The van der Waals surface area contributed by atoms with E-state index >= 15 is 0 Å². The summed E-state index contributed by atoms with van der Waals surface area (Å²) in [6.45, 7) is 0. The fourth-order valence-corrected chi connectivity index (χ4v) is 2.50. The zero-order valence-corrected chi connectivity index (χ0v) is 12.6. The van der Waals surface area contributed by atoms with E-state index in [4.69, 9.17) is 0 Å². The van der Waals surface area contributed by atoms with Gasteiger partial charge in [-0.25, -0.2) is 4.79 Å². The van der Waals surface area contributed by atoms with Crippen LogP contribution in [0.15, 0.2) is 46.6 Å². The van der Waals surface area contributed by atoms with Crippen molar-refractivity contribution in [1.82, 2.24) is 0 Å². The van der Waals surface area contributed by atoms with Crippen LogP contribution in [-0.4, -0.2) is 30.9 Å². The van der Waals surface area contributed by atoms with E-state index in [9.17, 15) is 22.8 Å². The van der Waals surface area contributed by atoms with E-state index < -0.39 is 29.2 Å². The summed E-state index contributed by atoms with van der Waals surface area (Å²) in [5.74, 6) is -2.81. The summed E-state index contributed by atoms with van der Waals surface area (Å²) in [6.07, 6.45) is -3.75. The van der Waals surface area contributed by atoms with Crippen molar-refractivity contribution in [3.8, 4) is 0 Å². The highest BCUT2D eigenvalue weighted by molar-refractivity contribution is 6.34. The number of amides is 1. The van der Waals surface area contributed by atoms with Gasteiger partial charge < -0.3 is 4.74 Å². The van der Waals surface area contributed by atoms with Gasteiger partial charge in [0.1, 0.15) is 0 Å². The van der Waals surface area contributed by atoms with Crippen LogP contribution in [0.4, 0.5) is 18.9 Å². The number of halogens is 3. The van der Waals surface area contributed by atoms with Gasteiger partial charge in [0.15, 0.2) is 5.57 Å². The highest BCUT2D eigenvalue weighted by Crippen LogP contribution is 2.41. The Bertz CT molecular complexity index is 750. The molecule has 3 rings (SSSR count). The number of ether oxygens (including phenoxy) is 1. The molecule has 1 aliphatic heterocycles. The Kier molecular flexibility index (Phi) is 3.90. The van der Waals surface area contributed by atoms with E-state index in [1.807, 2.05) is 0 Å². The van der Waals surface area contributed by atoms with Gasteiger partial charge in [0.25, 0.3) is 5.91 Å². The van der Waals surface area contributed by atoms with Crippen molar-refractivity contribution in [3.63, 3.8) is 0 Å². The molecule has 1 amide bonds. The number of alkyl halides is 3. The molecule has 24 heavy (non-hydrogen) atoms. The van der Waals surface area contributed by atoms with Gasteiger partial charge in [-0.05, 0) is 25.0 Å². The van der Waals surface area contributed by atoms with Gasteiger partial charge in [0.05, 0.1) is 24.1 Å². The maximum atomic E-state index is 13.4.